The fourth-order valence-electron chi connectivity index (χ4n) is 3.26. The Bertz CT molecular complexity index is 774. The summed E-state index contributed by atoms with van der Waals surface area (Å²) in [6.45, 7) is 1.28. The molecule has 2 saturated heterocycles. The van der Waals surface area contributed by atoms with E-state index in [4.69, 9.17) is 4.74 Å². The minimum atomic E-state index is -3.87. The van der Waals surface area contributed by atoms with Crippen LogP contribution in [0.2, 0.25) is 0 Å². The first kappa shape index (κ1) is 15.9. The average molecular weight is 344 g/mol. The van der Waals surface area contributed by atoms with E-state index in [1.807, 2.05) is 0 Å². The van der Waals surface area contributed by atoms with Crippen LogP contribution in [0.4, 0.5) is 0 Å². The van der Waals surface area contributed by atoms with Crippen molar-refractivity contribution in [2.45, 2.75) is 42.7 Å². The van der Waals surface area contributed by atoms with Gasteiger partial charge in [-0.25, -0.2) is 17.9 Å². The Balaban J connectivity index is 2.05. The van der Waals surface area contributed by atoms with Crippen LogP contribution in [0.15, 0.2) is 6.20 Å². The molecule has 1 aromatic heterocycles. The highest BCUT2D eigenvalue weighted by Crippen LogP contribution is 2.46. The van der Waals surface area contributed by atoms with E-state index < -0.39 is 37.9 Å². The van der Waals surface area contributed by atoms with Crippen molar-refractivity contribution in [1.29, 1.82) is 0 Å². The van der Waals surface area contributed by atoms with E-state index in [2.05, 4.69) is 10.3 Å². The van der Waals surface area contributed by atoms with Gasteiger partial charge in [0.1, 0.15) is 10.1 Å². The number of sulfone groups is 1. The highest BCUT2D eigenvalue weighted by molar-refractivity contribution is 7.93. The molecule has 1 N–H and O–H groups in total. The molecule has 3 rings (SSSR count). The molecule has 10 nitrogen and oxygen atoms in total. The van der Waals surface area contributed by atoms with Gasteiger partial charge in [0, 0.05) is 7.11 Å². The van der Waals surface area contributed by atoms with Crippen molar-refractivity contribution in [2.24, 2.45) is 0 Å². The van der Waals surface area contributed by atoms with Gasteiger partial charge in [-0.05, 0) is 6.92 Å². The fourth-order valence-corrected chi connectivity index (χ4v) is 5.61. The van der Waals surface area contributed by atoms with Crippen LogP contribution in [0.1, 0.15) is 19.0 Å². The van der Waals surface area contributed by atoms with Gasteiger partial charge in [0.2, 0.25) is 5.91 Å². The molecule has 11 heteroatoms. The van der Waals surface area contributed by atoms with Crippen molar-refractivity contribution in [2.75, 3.05) is 7.11 Å². The van der Waals surface area contributed by atoms with E-state index in [0.29, 0.717) is 5.69 Å². The van der Waals surface area contributed by atoms with Gasteiger partial charge in [-0.15, -0.1) is 5.10 Å². The van der Waals surface area contributed by atoms with Gasteiger partial charge >= 0.3 is 5.97 Å². The molecule has 3 heterocycles. The molecule has 0 radical (unpaired) electrons. The zero-order valence-electron chi connectivity index (χ0n) is 12.5. The van der Waals surface area contributed by atoms with Gasteiger partial charge in [0.15, 0.2) is 15.9 Å². The second kappa shape index (κ2) is 4.99. The number of methoxy groups -OCH3 is 1. The first-order valence-corrected chi connectivity index (χ1v) is 8.42. The predicted molar refractivity (Wildman–Crippen MR) is 74.7 cm³/mol. The van der Waals surface area contributed by atoms with Crippen molar-refractivity contribution in [3.63, 3.8) is 0 Å². The van der Waals surface area contributed by atoms with Crippen molar-refractivity contribution < 1.29 is 27.9 Å². The monoisotopic (exact) mass is 344 g/mol. The molecule has 0 aromatic carbocycles. The van der Waals surface area contributed by atoms with E-state index in [1.165, 1.54) is 24.9 Å². The highest BCUT2D eigenvalue weighted by atomic mass is 32.2. The van der Waals surface area contributed by atoms with Crippen LogP contribution in [0.5, 0.6) is 0 Å². The maximum absolute atomic E-state index is 12.8. The van der Waals surface area contributed by atoms with Crippen molar-refractivity contribution in [1.82, 2.24) is 19.9 Å². The summed E-state index contributed by atoms with van der Waals surface area (Å²) in [4.78, 5) is 24.3. The minimum Gasteiger partial charge on any atom is -0.480 e. The molecule has 0 aliphatic carbocycles. The molecule has 0 unspecified atom stereocenters. The van der Waals surface area contributed by atoms with E-state index in [-0.39, 0.29) is 19.6 Å². The summed E-state index contributed by atoms with van der Waals surface area (Å²) in [7, 11) is -2.40. The standard InChI is InChI=1S/C12H16N4O6S/c1-12(6-15-7(5-22-2)4-13-14-15)10(11(18)19)16-8(17)3-9(16)23(12,20)21/h4,9-10H,3,5-6H2,1-2H3,(H,18,19)/t9-,10+,12+/m1/s1. The number of ether oxygens (including phenoxy) is 1. The van der Waals surface area contributed by atoms with Crippen LogP contribution >= 0.6 is 0 Å². The third-order valence-corrected chi connectivity index (χ3v) is 7.26. The van der Waals surface area contributed by atoms with Crippen molar-refractivity contribution >= 4 is 21.7 Å². The number of hydrogen-bond donors (Lipinski definition) is 1. The number of aromatic nitrogens is 3. The number of fused-ring (bicyclic) bond motifs is 1. The molecule has 0 bridgehead atoms. The molecule has 3 atom stereocenters. The minimum absolute atomic E-state index is 0.160. The third-order valence-electron chi connectivity index (χ3n) is 4.50. The summed E-state index contributed by atoms with van der Waals surface area (Å²) >= 11 is 0. The van der Waals surface area contributed by atoms with E-state index in [9.17, 15) is 23.1 Å². The molecule has 0 spiro atoms. The summed E-state index contributed by atoms with van der Waals surface area (Å²) in [6, 6.07) is -1.45. The lowest BCUT2D eigenvalue weighted by molar-refractivity contribution is -0.157. The Hall–Kier alpha value is -2.01. The number of carboxylic acid groups (broad SMARTS) is 1. The van der Waals surface area contributed by atoms with Crippen LogP contribution in [-0.4, -0.2) is 68.6 Å². The maximum atomic E-state index is 12.8. The molecule has 23 heavy (non-hydrogen) atoms. The summed E-state index contributed by atoms with van der Waals surface area (Å²) in [5, 5.41) is 15.9. The van der Waals surface area contributed by atoms with Crippen LogP contribution < -0.4 is 0 Å². The number of carboxylic acids is 1. The first-order valence-electron chi connectivity index (χ1n) is 6.87. The van der Waals surface area contributed by atoms with E-state index >= 15 is 0 Å². The van der Waals surface area contributed by atoms with Gasteiger partial charge in [-0.3, -0.25) is 4.79 Å². The average Bonchev–Trinajstić information content (AvgIpc) is 2.92. The number of carbonyl (C=O) groups excluding carboxylic acids is 1. The van der Waals surface area contributed by atoms with Gasteiger partial charge in [-0.1, -0.05) is 5.21 Å². The van der Waals surface area contributed by atoms with Crippen molar-refractivity contribution in [3.8, 4) is 0 Å². The van der Waals surface area contributed by atoms with Gasteiger partial charge in [0.05, 0.1) is 31.5 Å². The summed E-state index contributed by atoms with van der Waals surface area (Å²) in [5.74, 6) is -1.81. The Morgan fingerprint density at radius 2 is 2.26 bits per heavy atom. The number of nitrogens with zero attached hydrogens (tertiary/aromatic N) is 4. The zero-order chi connectivity index (χ0) is 17.0. The topological polar surface area (TPSA) is 132 Å². The van der Waals surface area contributed by atoms with Gasteiger partial charge < -0.3 is 14.7 Å². The predicted octanol–water partition coefficient (Wildman–Crippen LogP) is -1.38. The molecular weight excluding hydrogens is 328 g/mol. The van der Waals surface area contributed by atoms with Crippen LogP contribution in [0.3, 0.4) is 0 Å². The Morgan fingerprint density at radius 1 is 1.57 bits per heavy atom. The summed E-state index contributed by atoms with van der Waals surface area (Å²) < 4.78 is 30.2. The maximum Gasteiger partial charge on any atom is 0.328 e. The summed E-state index contributed by atoms with van der Waals surface area (Å²) in [6.07, 6.45) is 1.24. The van der Waals surface area contributed by atoms with Crippen LogP contribution in [-0.2, 0) is 37.3 Å². The normalized spacial score (nSPS) is 31.7. The lowest BCUT2D eigenvalue weighted by Gasteiger charge is -2.35. The molecule has 1 aromatic rings. The number of β-lactam (4-membered cyclic amide) rings is 1. The third kappa shape index (κ3) is 1.99. The zero-order valence-corrected chi connectivity index (χ0v) is 13.4. The quantitative estimate of drug-likeness (QED) is 0.647. The molecular formula is C12H16N4O6S. The fraction of sp³-hybridized carbons (Fsp3) is 0.667. The number of amides is 1. The lowest BCUT2D eigenvalue weighted by atomic mass is 9.96. The highest BCUT2D eigenvalue weighted by Gasteiger charge is 2.70. The number of aliphatic carboxylic acids is 1. The second-order valence-electron chi connectivity index (χ2n) is 5.87. The molecule has 2 fully saturated rings. The van der Waals surface area contributed by atoms with Crippen LogP contribution in [0, 0.1) is 0 Å². The second-order valence-corrected chi connectivity index (χ2v) is 8.44. The SMILES string of the molecule is COCc1cnnn1C[C@@]1(C)[C@H](C(=O)O)N2C(=O)C[C@H]2S1(=O)=O. The van der Waals surface area contributed by atoms with E-state index in [0.717, 1.165) is 4.90 Å². The lowest BCUT2D eigenvalue weighted by Crippen LogP contribution is -2.58. The Kier molecular flexibility index (Phi) is 3.45. The number of carbonyl (C=O) groups is 2. The molecule has 126 valence electrons. The Labute approximate surface area is 131 Å². The van der Waals surface area contributed by atoms with Crippen molar-refractivity contribution in [3.05, 3.63) is 11.9 Å². The molecule has 1 amide bonds. The molecule has 0 saturated carbocycles. The summed E-state index contributed by atoms with van der Waals surface area (Å²) in [5.41, 5.74) is 0.522. The molecule has 2 aliphatic heterocycles. The largest absolute Gasteiger partial charge is 0.480 e. The molecule has 2 aliphatic rings. The first-order chi connectivity index (χ1) is 10.7. The number of rotatable bonds is 5. The van der Waals surface area contributed by atoms with Crippen LogP contribution in [0.25, 0.3) is 0 Å². The van der Waals surface area contributed by atoms with E-state index in [1.54, 1.807) is 0 Å². The van der Waals surface area contributed by atoms with Gasteiger partial charge in [0.25, 0.3) is 0 Å². The number of hydrogen-bond acceptors (Lipinski definition) is 7. The van der Waals surface area contributed by atoms with Gasteiger partial charge in [-0.2, -0.15) is 0 Å². The Morgan fingerprint density at radius 3 is 2.83 bits per heavy atom. The smallest absolute Gasteiger partial charge is 0.328 e.